The van der Waals surface area contributed by atoms with Crippen LogP contribution in [0.3, 0.4) is 0 Å². The van der Waals surface area contributed by atoms with E-state index in [1.807, 2.05) is 18.2 Å². The van der Waals surface area contributed by atoms with Gasteiger partial charge in [-0.2, -0.15) is 0 Å². The predicted molar refractivity (Wildman–Crippen MR) is 85.1 cm³/mol. The number of hydrogen-bond acceptors (Lipinski definition) is 2. The van der Waals surface area contributed by atoms with Gasteiger partial charge in [0, 0.05) is 13.1 Å². The van der Waals surface area contributed by atoms with Crippen molar-refractivity contribution >= 4 is 5.84 Å². The lowest BCUT2D eigenvalue weighted by Gasteiger charge is -2.28. The molecule has 2 unspecified atom stereocenters. The van der Waals surface area contributed by atoms with Crippen molar-refractivity contribution in [1.29, 1.82) is 5.41 Å². The van der Waals surface area contributed by atoms with E-state index in [0.717, 1.165) is 31.1 Å². The Kier molecular flexibility index (Phi) is 4.48. The van der Waals surface area contributed by atoms with Crippen molar-refractivity contribution in [3.63, 3.8) is 0 Å². The minimum absolute atomic E-state index is 0.0231. The highest BCUT2D eigenvalue weighted by Crippen LogP contribution is 2.34. The Bertz CT molecular complexity index is 447. The summed E-state index contributed by atoms with van der Waals surface area (Å²) in [7, 11) is 0. The molecule has 0 aliphatic carbocycles. The van der Waals surface area contributed by atoms with E-state index >= 15 is 0 Å². The zero-order valence-electron chi connectivity index (χ0n) is 12.9. The van der Waals surface area contributed by atoms with Crippen LogP contribution in [0.25, 0.3) is 0 Å². The second-order valence-corrected chi connectivity index (χ2v) is 7.03. The van der Waals surface area contributed by atoms with Crippen LogP contribution in [0.1, 0.15) is 38.7 Å². The second-order valence-electron chi connectivity index (χ2n) is 7.03. The summed E-state index contributed by atoms with van der Waals surface area (Å²) >= 11 is 0. The van der Waals surface area contributed by atoms with Crippen LogP contribution in [-0.4, -0.2) is 30.4 Å². The van der Waals surface area contributed by atoms with Crippen molar-refractivity contribution in [3.05, 3.63) is 35.9 Å². The van der Waals surface area contributed by atoms with E-state index in [4.69, 9.17) is 11.1 Å². The summed E-state index contributed by atoms with van der Waals surface area (Å²) in [6, 6.07) is 10.2. The third kappa shape index (κ3) is 3.60. The lowest BCUT2D eigenvalue weighted by molar-refractivity contribution is 0.228. The SMILES string of the molecule is CC(C)(C)C1CCN(CC(C(=N)N)c2ccccc2)C1. The molecule has 3 heteroatoms. The molecule has 0 bridgehead atoms. The van der Waals surface area contributed by atoms with Crippen LogP contribution in [0, 0.1) is 16.7 Å². The van der Waals surface area contributed by atoms with Crippen molar-refractivity contribution in [2.75, 3.05) is 19.6 Å². The minimum atomic E-state index is 0.0231. The molecular weight excluding hydrogens is 246 g/mol. The Balaban J connectivity index is 2.03. The highest BCUT2D eigenvalue weighted by Gasteiger charge is 2.33. The summed E-state index contributed by atoms with van der Waals surface area (Å²) in [6.07, 6.45) is 1.25. The number of likely N-dealkylation sites (tertiary alicyclic amines) is 1. The van der Waals surface area contributed by atoms with E-state index in [-0.39, 0.29) is 11.8 Å². The minimum Gasteiger partial charge on any atom is -0.387 e. The molecule has 0 saturated carbocycles. The molecule has 0 aromatic heterocycles. The summed E-state index contributed by atoms with van der Waals surface area (Å²) in [6.45, 7) is 10.1. The lowest BCUT2D eigenvalue weighted by atomic mass is 9.80. The Morgan fingerprint density at radius 1 is 1.35 bits per heavy atom. The van der Waals surface area contributed by atoms with Crippen molar-refractivity contribution < 1.29 is 0 Å². The van der Waals surface area contributed by atoms with E-state index in [0.29, 0.717) is 5.41 Å². The fourth-order valence-electron chi connectivity index (χ4n) is 3.03. The van der Waals surface area contributed by atoms with Crippen molar-refractivity contribution in [2.24, 2.45) is 17.1 Å². The van der Waals surface area contributed by atoms with Crippen molar-refractivity contribution in [3.8, 4) is 0 Å². The van der Waals surface area contributed by atoms with E-state index in [9.17, 15) is 0 Å². The molecule has 1 aliphatic heterocycles. The van der Waals surface area contributed by atoms with Crippen LogP contribution in [0.15, 0.2) is 30.3 Å². The highest BCUT2D eigenvalue weighted by molar-refractivity contribution is 5.84. The Morgan fingerprint density at radius 3 is 2.50 bits per heavy atom. The molecule has 1 fully saturated rings. The van der Waals surface area contributed by atoms with Gasteiger partial charge in [-0.25, -0.2) is 0 Å². The molecule has 1 aromatic carbocycles. The van der Waals surface area contributed by atoms with Gasteiger partial charge >= 0.3 is 0 Å². The van der Waals surface area contributed by atoms with Gasteiger partial charge in [-0.3, -0.25) is 5.41 Å². The number of nitrogens with one attached hydrogen (secondary N) is 1. The largest absolute Gasteiger partial charge is 0.387 e. The van der Waals surface area contributed by atoms with Gasteiger partial charge in [0.2, 0.25) is 0 Å². The normalized spacial score (nSPS) is 21.9. The van der Waals surface area contributed by atoms with Crippen LogP contribution >= 0.6 is 0 Å². The Morgan fingerprint density at radius 2 is 2.00 bits per heavy atom. The summed E-state index contributed by atoms with van der Waals surface area (Å²) in [5.74, 6) is 1.04. The summed E-state index contributed by atoms with van der Waals surface area (Å²) in [4.78, 5) is 2.47. The smallest absolute Gasteiger partial charge is 0.0995 e. The highest BCUT2D eigenvalue weighted by atomic mass is 15.2. The zero-order valence-corrected chi connectivity index (χ0v) is 12.9. The van der Waals surface area contributed by atoms with E-state index < -0.39 is 0 Å². The molecule has 1 heterocycles. The number of benzene rings is 1. The summed E-state index contributed by atoms with van der Waals surface area (Å²) in [5.41, 5.74) is 7.34. The maximum Gasteiger partial charge on any atom is 0.0995 e. The molecule has 1 aliphatic rings. The Labute approximate surface area is 122 Å². The first-order chi connectivity index (χ1) is 9.38. The van der Waals surface area contributed by atoms with Crippen LogP contribution in [-0.2, 0) is 0 Å². The molecule has 3 nitrogen and oxygen atoms in total. The van der Waals surface area contributed by atoms with Crippen LogP contribution < -0.4 is 5.73 Å². The first-order valence-electron chi connectivity index (χ1n) is 7.49. The molecular formula is C17H27N3. The van der Waals surface area contributed by atoms with E-state index in [1.165, 1.54) is 6.42 Å². The molecule has 2 rings (SSSR count). The number of nitrogens with two attached hydrogens (primary N) is 1. The van der Waals surface area contributed by atoms with Crippen LogP contribution in [0.5, 0.6) is 0 Å². The van der Waals surface area contributed by atoms with Gasteiger partial charge in [0.25, 0.3) is 0 Å². The average Bonchev–Trinajstić information content (AvgIpc) is 2.85. The predicted octanol–water partition coefficient (Wildman–Crippen LogP) is 3.07. The molecule has 0 amide bonds. The third-order valence-electron chi connectivity index (χ3n) is 4.52. The molecule has 20 heavy (non-hydrogen) atoms. The summed E-state index contributed by atoms with van der Waals surface area (Å²) < 4.78 is 0. The molecule has 2 atom stereocenters. The maximum atomic E-state index is 7.88. The standard InChI is InChI=1S/C17H27N3/c1-17(2,3)14-9-10-20(11-14)12-15(16(18)19)13-7-5-4-6-8-13/h4-8,14-15H,9-12H2,1-3H3,(H3,18,19). The van der Waals surface area contributed by atoms with Crippen LogP contribution in [0.4, 0.5) is 0 Å². The second kappa shape index (κ2) is 5.96. The van der Waals surface area contributed by atoms with Gasteiger partial charge in [0.1, 0.15) is 0 Å². The first kappa shape index (κ1) is 15.0. The first-order valence-corrected chi connectivity index (χ1v) is 7.49. The number of hydrogen-bond donors (Lipinski definition) is 2. The molecule has 1 saturated heterocycles. The summed E-state index contributed by atoms with van der Waals surface area (Å²) in [5, 5.41) is 7.88. The number of nitrogens with zero attached hydrogens (tertiary/aromatic N) is 1. The van der Waals surface area contributed by atoms with Gasteiger partial charge < -0.3 is 10.6 Å². The van der Waals surface area contributed by atoms with Gasteiger partial charge in [-0.05, 0) is 29.9 Å². The molecule has 0 radical (unpaired) electrons. The third-order valence-corrected chi connectivity index (χ3v) is 4.52. The molecule has 3 N–H and O–H groups in total. The molecule has 0 spiro atoms. The van der Waals surface area contributed by atoms with Gasteiger partial charge in [0.15, 0.2) is 0 Å². The zero-order chi connectivity index (χ0) is 14.8. The van der Waals surface area contributed by atoms with Crippen molar-refractivity contribution in [2.45, 2.75) is 33.1 Å². The fraction of sp³-hybridized carbons (Fsp3) is 0.588. The van der Waals surface area contributed by atoms with E-state index in [2.05, 4.69) is 37.8 Å². The number of amidine groups is 1. The van der Waals surface area contributed by atoms with E-state index in [1.54, 1.807) is 0 Å². The van der Waals surface area contributed by atoms with Gasteiger partial charge in [-0.1, -0.05) is 51.1 Å². The average molecular weight is 273 g/mol. The molecule has 110 valence electrons. The topological polar surface area (TPSA) is 53.1 Å². The number of rotatable bonds is 4. The molecule has 1 aromatic rings. The fourth-order valence-corrected chi connectivity index (χ4v) is 3.03. The van der Waals surface area contributed by atoms with Gasteiger partial charge in [-0.15, -0.1) is 0 Å². The Hall–Kier alpha value is -1.35. The van der Waals surface area contributed by atoms with Crippen molar-refractivity contribution in [1.82, 2.24) is 4.90 Å². The maximum absolute atomic E-state index is 7.88. The lowest BCUT2D eigenvalue weighted by Crippen LogP contribution is -2.34. The van der Waals surface area contributed by atoms with Crippen LogP contribution in [0.2, 0.25) is 0 Å². The quantitative estimate of drug-likeness (QED) is 0.654. The monoisotopic (exact) mass is 273 g/mol. The van der Waals surface area contributed by atoms with Gasteiger partial charge in [0.05, 0.1) is 11.8 Å².